The first kappa shape index (κ1) is 18.7. The van der Waals surface area contributed by atoms with Crippen LogP contribution in [-0.4, -0.2) is 64.4 Å². The van der Waals surface area contributed by atoms with Gasteiger partial charge in [-0.1, -0.05) is 23.9 Å². The molecule has 2 aromatic rings. The van der Waals surface area contributed by atoms with Gasteiger partial charge in [-0.2, -0.15) is 0 Å². The molecule has 0 unspecified atom stereocenters. The van der Waals surface area contributed by atoms with Gasteiger partial charge in [0.25, 0.3) is 0 Å². The van der Waals surface area contributed by atoms with Crippen LogP contribution in [0.1, 0.15) is 13.8 Å². The lowest BCUT2D eigenvalue weighted by molar-refractivity contribution is -0.135. The summed E-state index contributed by atoms with van der Waals surface area (Å²) in [6.45, 7) is 6.46. The normalized spacial score (nSPS) is 14.8. The van der Waals surface area contributed by atoms with Gasteiger partial charge >= 0.3 is 0 Å². The summed E-state index contributed by atoms with van der Waals surface area (Å²) in [4.78, 5) is 31.1. The molecular formula is C18H24N4O3S. The fraction of sp³-hybridized carbons (Fsp3) is 0.500. The number of carbonyl (C=O) groups is 2. The molecule has 0 aliphatic carbocycles. The van der Waals surface area contributed by atoms with E-state index in [1.54, 1.807) is 0 Å². The molecule has 0 bridgehead atoms. The Labute approximate surface area is 157 Å². The molecule has 1 aromatic heterocycles. The number of nitrogens with zero attached hydrogens (tertiary/aromatic N) is 3. The summed E-state index contributed by atoms with van der Waals surface area (Å²) in [7, 11) is 0. The van der Waals surface area contributed by atoms with Gasteiger partial charge in [0.15, 0.2) is 5.16 Å². The highest BCUT2D eigenvalue weighted by Crippen LogP contribution is 2.24. The number of carbonyl (C=O) groups excluding carboxylic acids is 2. The number of hydrogen-bond acceptors (Lipinski definition) is 5. The predicted octanol–water partition coefficient (Wildman–Crippen LogP) is 1.51. The first-order valence-corrected chi connectivity index (χ1v) is 9.76. The van der Waals surface area contributed by atoms with E-state index in [-0.39, 0.29) is 30.2 Å². The Morgan fingerprint density at radius 2 is 2.00 bits per heavy atom. The van der Waals surface area contributed by atoms with E-state index >= 15 is 0 Å². The van der Waals surface area contributed by atoms with Crippen molar-refractivity contribution in [1.82, 2.24) is 19.8 Å². The minimum absolute atomic E-state index is 0.0388. The number of fused-ring (bicyclic) bond motifs is 1. The summed E-state index contributed by atoms with van der Waals surface area (Å²) in [6, 6.07) is 7.82. The molecule has 26 heavy (non-hydrogen) atoms. The van der Waals surface area contributed by atoms with E-state index in [2.05, 4.69) is 10.3 Å². The summed E-state index contributed by atoms with van der Waals surface area (Å²) in [5.41, 5.74) is 1.73. The third-order valence-electron chi connectivity index (χ3n) is 4.06. The number of thioether (sulfide) groups is 1. The van der Waals surface area contributed by atoms with E-state index in [4.69, 9.17) is 4.74 Å². The number of para-hydroxylation sites is 2. The molecule has 140 valence electrons. The van der Waals surface area contributed by atoms with Crippen LogP contribution >= 0.6 is 11.8 Å². The monoisotopic (exact) mass is 376 g/mol. The first-order chi connectivity index (χ1) is 12.5. The fourth-order valence-corrected chi connectivity index (χ4v) is 3.68. The van der Waals surface area contributed by atoms with Crippen LogP contribution < -0.4 is 5.32 Å². The molecule has 0 atom stereocenters. The van der Waals surface area contributed by atoms with Crippen LogP contribution in [0.5, 0.6) is 0 Å². The van der Waals surface area contributed by atoms with Gasteiger partial charge in [0, 0.05) is 19.1 Å². The highest BCUT2D eigenvalue weighted by Gasteiger charge is 2.20. The Morgan fingerprint density at radius 1 is 1.27 bits per heavy atom. The molecule has 2 amide bonds. The molecule has 0 radical (unpaired) electrons. The molecule has 0 saturated carbocycles. The van der Waals surface area contributed by atoms with Gasteiger partial charge in [0.2, 0.25) is 11.8 Å². The summed E-state index contributed by atoms with van der Waals surface area (Å²) in [5, 5.41) is 3.56. The maximum Gasteiger partial charge on any atom is 0.242 e. The zero-order chi connectivity index (χ0) is 18.5. The topological polar surface area (TPSA) is 76.5 Å². The highest BCUT2D eigenvalue weighted by molar-refractivity contribution is 7.99. The molecule has 7 nitrogen and oxygen atoms in total. The number of ether oxygens (including phenoxy) is 1. The van der Waals surface area contributed by atoms with Crippen LogP contribution in [0.4, 0.5) is 0 Å². The van der Waals surface area contributed by atoms with Gasteiger partial charge < -0.3 is 19.5 Å². The smallest absolute Gasteiger partial charge is 0.242 e. The number of rotatable bonds is 6. The van der Waals surface area contributed by atoms with Crippen LogP contribution in [0.3, 0.4) is 0 Å². The molecule has 3 rings (SSSR count). The van der Waals surface area contributed by atoms with Gasteiger partial charge in [-0.15, -0.1) is 0 Å². The largest absolute Gasteiger partial charge is 0.378 e. The number of benzene rings is 1. The lowest BCUT2D eigenvalue weighted by atomic mass is 10.3. The Hall–Kier alpha value is -2.06. The average molecular weight is 376 g/mol. The van der Waals surface area contributed by atoms with Crippen molar-refractivity contribution in [2.45, 2.75) is 31.6 Å². The van der Waals surface area contributed by atoms with E-state index in [1.807, 2.05) is 47.6 Å². The van der Waals surface area contributed by atoms with Crippen LogP contribution in [0.2, 0.25) is 0 Å². The second kappa shape index (κ2) is 8.55. The van der Waals surface area contributed by atoms with Crippen molar-refractivity contribution in [3.63, 3.8) is 0 Å². The van der Waals surface area contributed by atoms with E-state index in [0.717, 1.165) is 11.0 Å². The number of hydrogen-bond donors (Lipinski definition) is 1. The third-order valence-corrected chi connectivity index (χ3v) is 5.04. The molecule has 1 aromatic carbocycles. The maximum absolute atomic E-state index is 12.7. The van der Waals surface area contributed by atoms with Crippen LogP contribution in [0.15, 0.2) is 29.4 Å². The Balaban J connectivity index is 1.78. The van der Waals surface area contributed by atoms with Crippen molar-refractivity contribution in [3.8, 4) is 0 Å². The van der Waals surface area contributed by atoms with Crippen molar-refractivity contribution in [1.29, 1.82) is 0 Å². The Morgan fingerprint density at radius 3 is 2.73 bits per heavy atom. The van der Waals surface area contributed by atoms with Gasteiger partial charge in [0.05, 0.1) is 30.0 Å². The van der Waals surface area contributed by atoms with Gasteiger partial charge in [-0.3, -0.25) is 9.59 Å². The molecular weight excluding hydrogens is 352 g/mol. The number of imidazole rings is 1. The zero-order valence-corrected chi connectivity index (χ0v) is 15.9. The third kappa shape index (κ3) is 4.56. The predicted molar refractivity (Wildman–Crippen MR) is 101 cm³/mol. The fourth-order valence-electron chi connectivity index (χ4n) is 2.86. The number of nitrogens with one attached hydrogen (secondary N) is 1. The Kier molecular flexibility index (Phi) is 6.16. The SMILES string of the molecule is CC(C)NC(=O)CSc1nc2ccccc2n1CC(=O)N1CCOCC1. The van der Waals surface area contributed by atoms with E-state index < -0.39 is 0 Å². The zero-order valence-electron chi connectivity index (χ0n) is 15.1. The molecule has 0 spiro atoms. The molecule has 1 aliphatic rings. The van der Waals surface area contributed by atoms with Gasteiger partial charge in [0.1, 0.15) is 6.54 Å². The molecule has 1 fully saturated rings. The molecule has 1 saturated heterocycles. The van der Waals surface area contributed by atoms with E-state index in [0.29, 0.717) is 31.5 Å². The van der Waals surface area contributed by atoms with E-state index in [1.165, 1.54) is 11.8 Å². The molecule has 8 heteroatoms. The van der Waals surface area contributed by atoms with Crippen molar-refractivity contribution in [2.75, 3.05) is 32.1 Å². The van der Waals surface area contributed by atoms with E-state index in [9.17, 15) is 9.59 Å². The molecule has 1 aliphatic heterocycles. The van der Waals surface area contributed by atoms with Crippen LogP contribution in [0.25, 0.3) is 11.0 Å². The highest BCUT2D eigenvalue weighted by atomic mass is 32.2. The summed E-state index contributed by atoms with van der Waals surface area (Å²) in [6.07, 6.45) is 0. The second-order valence-electron chi connectivity index (χ2n) is 6.47. The summed E-state index contributed by atoms with van der Waals surface area (Å²) >= 11 is 1.36. The quantitative estimate of drug-likeness (QED) is 0.774. The van der Waals surface area contributed by atoms with Crippen LogP contribution in [0, 0.1) is 0 Å². The second-order valence-corrected chi connectivity index (χ2v) is 7.42. The standard InChI is InChI=1S/C18H24N4O3S/c1-13(2)19-16(23)12-26-18-20-14-5-3-4-6-15(14)22(18)11-17(24)21-7-9-25-10-8-21/h3-6,13H,7-12H2,1-2H3,(H,19,23). The number of morpholine rings is 1. The number of aromatic nitrogens is 2. The number of amides is 2. The summed E-state index contributed by atoms with van der Waals surface area (Å²) < 4.78 is 7.22. The van der Waals surface area contributed by atoms with Gasteiger partial charge in [-0.05, 0) is 26.0 Å². The minimum atomic E-state index is -0.0388. The summed E-state index contributed by atoms with van der Waals surface area (Å²) in [5.74, 6) is 0.279. The lowest BCUT2D eigenvalue weighted by Crippen LogP contribution is -2.42. The first-order valence-electron chi connectivity index (χ1n) is 8.77. The average Bonchev–Trinajstić information content (AvgIpc) is 2.98. The molecule has 1 N–H and O–H groups in total. The minimum Gasteiger partial charge on any atom is -0.378 e. The van der Waals surface area contributed by atoms with Crippen LogP contribution in [-0.2, 0) is 20.9 Å². The Bertz CT molecular complexity index is 784. The van der Waals surface area contributed by atoms with Crippen molar-refractivity contribution in [2.24, 2.45) is 0 Å². The lowest BCUT2D eigenvalue weighted by Gasteiger charge is -2.27. The molecule has 2 heterocycles. The van der Waals surface area contributed by atoms with Crippen molar-refractivity contribution >= 4 is 34.6 Å². The maximum atomic E-state index is 12.7. The van der Waals surface area contributed by atoms with Gasteiger partial charge in [-0.25, -0.2) is 4.98 Å². The van der Waals surface area contributed by atoms with Crippen molar-refractivity contribution in [3.05, 3.63) is 24.3 Å². The van der Waals surface area contributed by atoms with Crippen molar-refractivity contribution < 1.29 is 14.3 Å².